The van der Waals surface area contributed by atoms with Crippen LogP contribution in [0.5, 0.6) is 0 Å². The lowest BCUT2D eigenvalue weighted by Gasteiger charge is -2.19. The minimum absolute atomic E-state index is 0.0544. The highest BCUT2D eigenvalue weighted by Gasteiger charge is 2.15. The monoisotopic (exact) mass is 256 g/mol. The molecule has 0 aliphatic rings. The van der Waals surface area contributed by atoms with Gasteiger partial charge in [-0.05, 0) is 20.9 Å². The smallest absolute Gasteiger partial charge is 0.292 e. The van der Waals surface area contributed by atoms with Crippen molar-refractivity contribution in [2.45, 2.75) is 26.5 Å². The number of nitrogens with one attached hydrogen (secondary N) is 1. The van der Waals surface area contributed by atoms with Gasteiger partial charge >= 0.3 is 0 Å². The average Bonchev–Trinajstić information content (AvgIpc) is 2.76. The van der Waals surface area contributed by atoms with Crippen molar-refractivity contribution in [2.24, 2.45) is 0 Å². The molecular formula is C11H20N4O3. The summed E-state index contributed by atoms with van der Waals surface area (Å²) in [6.45, 7) is 5.90. The molecule has 0 bridgehead atoms. The molecule has 1 rings (SSSR count). The van der Waals surface area contributed by atoms with Crippen LogP contribution in [-0.2, 0) is 11.3 Å². The van der Waals surface area contributed by atoms with Crippen LogP contribution >= 0.6 is 0 Å². The van der Waals surface area contributed by atoms with Crippen LogP contribution in [0.3, 0.4) is 0 Å². The van der Waals surface area contributed by atoms with Gasteiger partial charge in [-0.2, -0.15) is 4.98 Å². The minimum atomic E-state index is -0.352. The second-order valence-corrected chi connectivity index (χ2v) is 4.05. The average molecular weight is 256 g/mol. The number of carbonyl (C=O) groups excluding carboxylic acids is 1. The molecule has 7 nitrogen and oxygen atoms in total. The van der Waals surface area contributed by atoms with Crippen LogP contribution in [0.25, 0.3) is 0 Å². The Kier molecular flexibility index (Phi) is 5.73. The molecule has 0 aliphatic heterocycles. The van der Waals surface area contributed by atoms with Gasteiger partial charge in [0.05, 0.1) is 12.6 Å². The van der Waals surface area contributed by atoms with Crippen LogP contribution in [0.1, 0.15) is 30.4 Å². The van der Waals surface area contributed by atoms with Crippen LogP contribution in [0.2, 0.25) is 0 Å². The summed E-state index contributed by atoms with van der Waals surface area (Å²) in [4.78, 5) is 17.2. The predicted octanol–water partition coefficient (Wildman–Crippen LogP) is 0.286. The molecular weight excluding hydrogens is 236 g/mol. The second-order valence-electron chi connectivity index (χ2n) is 4.05. The quantitative estimate of drug-likeness (QED) is 0.755. The molecule has 0 fully saturated rings. The summed E-state index contributed by atoms with van der Waals surface area (Å²) in [6.07, 6.45) is 0.140. The maximum absolute atomic E-state index is 11.2. The van der Waals surface area contributed by atoms with Crippen LogP contribution in [0.4, 0.5) is 0 Å². The van der Waals surface area contributed by atoms with Gasteiger partial charge < -0.3 is 14.6 Å². The number of hydrogen-bond donors (Lipinski definition) is 1. The molecule has 102 valence electrons. The summed E-state index contributed by atoms with van der Waals surface area (Å²) in [5, 5.41) is 6.04. The molecule has 7 heteroatoms. The van der Waals surface area contributed by atoms with E-state index in [1.165, 1.54) is 7.05 Å². The Balaban J connectivity index is 2.46. The SMILES string of the molecule is CCO[C@@H](C)CN(C)Cc1nc(C(=O)NC)no1. The molecule has 0 saturated heterocycles. The fourth-order valence-corrected chi connectivity index (χ4v) is 1.59. The van der Waals surface area contributed by atoms with E-state index in [-0.39, 0.29) is 17.8 Å². The fraction of sp³-hybridized carbons (Fsp3) is 0.727. The Morgan fingerprint density at radius 3 is 2.94 bits per heavy atom. The first-order valence-electron chi connectivity index (χ1n) is 5.91. The number of hydrogen-bond acceptors (Lipinski definition) is 6. The lowest BCUT2D eigenvalue weighted by molar-refractivity contribution is 0.0482. The summed E-state index contributed by atoms with van der Waals surface area (Å²) in [7, 11) is 3.45. The van der Waals surface area contributed by atoms with Crippen molar-refractivity contribution in [1.82, 2.24) is 20.4 Å². The molecule has 1 aromatic rings. The van der Waals surface area contributed by atoms with Crippen molar-refractivity contribution in [1.29, 1.82) is 0 Å². The van der Waals surface area contributed by atoms with Gasteiger partial charge in [-0.1, -0.05) is 5.16 Å². The fourth-order valence-electron chi connectivity index (χ4n) is 1.59. The molecule has 0 aliphatic carbocycles. The van der Waals surface area contributed by atoms with Gasteiger partial charge in [0.1, 0.15) is 0 Å². The molecule has 1 atom stereocenters. The molecule has 0 radical (unpaired) electrons. The Labute approximate surface area is 106 Å². The van der Waals surface area contributed by atoms with Crippen molar-refractivity contribution in [2.75, 3.05) is 27.2 Å². The van der Waals surface area contributed by atoms with E-state index >= 15 is 0 Å². The van der Waals surface area contributed by atoms with Crippen LogP contribution < -0.4 is 5.32 Å². The van der Waals surface area contributed by atoms with Gasteiger partial charge in [0, 0.05) is 20.2 Å². The molecule has 18 heavy (non-hydrogen) atoms. The van der Waals surface area contributed by atoms with Crippen LogP contribution in [0, 0.1) is 0 Å². The topological polar surface area (TPSA) is 80.5 Å². The van der Waals surface area contributed by atoms with Gasteiger partial charge in [0.15, 0.2) is 0 Å². The van der Waals surface area contributed by atoms with Crippen molar-refractivity contribution in [3.05, 3.63) is 11.7 Å². The number of rotatable bonds is 7. The minimum Gasteiger partial charge on any atom is -0.377 e. The lowest BCUT2D eigenvalue weighted by atomic mass is 10.3. The second kappa shape index (κ2) is 7.07. The zero-order valence-electron chi connectivity index (χ0n) is 11.3. The maximum Gasteiger partial charge on any atom is 0.292 e. The molecule has 1 aromatic heterocycles. The largest absolute Gasteiger partial charge is 0.377 e. The number of nitrogens with zero attached hydrogens (tertiary/aromatic N) is 3. The first-order chi connectivity index (χ1) is 8.56. The number of carbonyl (C=O) groups is 1. The molecule has 0 spiro atoms. The summed E-state index contributed by atoms with van der Waals surface area (Å²) < 4.78 is 10.4. The van der Waals surface area contributed by atoms with Gasteiger partial charge in [0.25, 0.3) is 11.7 Å². The highest BCUT2D eigenvalue weighted by atomic mass is 16.5. The van der Waals surface area contributed by atoms with Crippen molar-refractivity contribution < 1.29 is 14.1 Å². The van der Waals surface area contributed by atoms with Crippen molar-refractivity contribution in [3.63, 3.8) is 0 Å². The van der Waals surface area contributed by atoms with Crippen molar-refractivity contribution in [3.8, 4) is 0 Å². The zero-order valence-corrected chi connectivity index (χ0v) is 11.3. The van der Waals surface area contributed by atoms with E-state index in [2.05, 4.69) is 15.5 Å². The summed E-state index contributed by atoms with van der Waals surface area (Å²) >= 11 is 0. The third-order valence-corrected chi connectivity index (χ3v) is 2.32. The molecule has 1 N–H and O–H groups in total. The number of ether oxygens (including phenoxy) is 1. The molecule has 1 amide bonds. The van der Waals surface area contributed by atoms with Gasteiger partial charge in [-0.3, -0.25) is 9.69 Å². The third-order valence-electron chi connectivity index (χ3n) is 2.32. The first-order valence-corrected chi connectivity index (χ1v) is 5.91. The highest BCUT2D eigenvalue weighted by Crippen LogP contribution is 2.03. The van der Waals surface area contributed by atoms with Crippen LogP contribution in [-0.4, -0.2) is 54.3 Å². The molecule has 0 saturated carbocycles. The zero-order chi connectivity index (χ0) is 13.5. The Bertz CT molecular complexity index is 380. The van der Waals surface area contributed by atoms with Gasteiger partial charge in [-0.25, -0.2) is 0 Å². The maximum atomic E-state index is 11.2. The van der Waals surface area contributed by atoms with E-state index in [4.69, 9.17) is 9.26 Å². The van der Waals surface area contributed by atoms with E-state index in [9.17, 15) is 4.79 Å². The van der Waals surface area contributed by atoms with Gasteiger partial charge in [-0.15, -0.1) is 0 Å². The Hall–Kier alpha value is -1.47. The highest BCUT2D eigenvalue weighted by molar-refractivity contribution is 5.89. The van der Waals surface area contributed by atoms with Gasteiger partial charge in [0.2, 0.25) is 5.89 Å². The van der Waals surface area contributed by atoms with E-state index < -0.39 is 0 Å². The summed E-state index contributed by atoms with van der Waals surface area (Å²) in [5.74, 6) is 0.119. The van der Waals surface area contributed by atoms with E-state index in [1.54, 1.807) is 0 Å². The third kappa shape index (κ3) is 4.42. The number of likely N-dealkylation sites (N-methyl/N-ethyl adjacent to an activating group) is 1. The van der Waals surface area contributed by atoms with E-state index in [1.807, 2.05) is 25.8 Å². The molecule has 0 unspecified atom stereocenters. The normalized spacial score (nSPS) is 12.7. The lowest BCUT2D eigenvalue weighted by Crippen LogP contribution is -2.29. The number of amides is 1. The van der Waals surface area contributed by atoms with Crippen LogP contribution in [0.15, 0.2) is 4.52 Å². The Morgan fingerprint density at radius 1 is 1.61 bits per heavy atom. The summed E-state index contributed by atoms with van der Waals surface area (Å²) in [6, 6.07) is 0. The molecule has 0 aromatic carbocycles. The number of aromatic nitrogens is 2. The molecule has 1 heterocycles. The van der Waals surface area contributed by atoms with Crippen molar-refractivity contribution >= 4 is 5.91 Å². The standard InChI is InChI=1S/C11H20N4O3/c1-5-17-8(2)6-15(4)7-9-13-10(14-18-9)11(16)12-3/h8H,5-7H2,1-4H3,(H,12,16)/t8-/m0/s1. The predicted molar refractivity (Wildman–Crippen MR) is 65.1 cm³/mol. The van der Waals surface area contributed by atoms with E-state index in [0.29, 0.717) is 19.0 Å². The first kappa shape index (κ1) is 14.6. The van der Waals surface area contributed by atoms with E-state index in [0.717, 1.165) is 6.54 Å². The Morgan fingerprint density at radius 2 is 2.33 bits per heavy atom. The summed E-state index contributed by atoms with van der Waals surface area (Å²) in [5.41, 5.74) is 0.